The Morgan fingerprint density at radius 1 is 1.11 bits per heavy atom. The van der Waals surface area contributed by atoms with E-state index in [1.807, 2.05) is 30.3 Å². The van der Waals surface area contributed by atoms with Crippen molar-refractivity contribution in [2.45, 2.75) is 82.8 Å². The third kappa shape index (κ3) is 5.48. The molecule has 2 amide bonds. The first-order chi connectivity index (χ1) is 16.8. The van der Waals surface area contributed by atoms with Crippen LogP contribution in [0.3, 0.4) is 0 Å². The molecular weight excluding hydrogens is 438 g/mol. The molecule has 184 valence electrons. The van der Waals surface area contributed by atoms with Crippen LogP contribution in [-0.4, -0.2) is 40.3 Å². The molecular formula is C28H35N5O2. The fourth-order valence-electron chi connectivity index (χ4n) is 4.93. The second kappa shape index (κ2) is 10.5. The molecule has 2 atom stereocenters. The van der Waals surface area contributed by atoms with E-state index in [4.69, 9.17) is 0 Å². The summed E-state index contributed by atoms with van der Waals surface area (Å²) in [6.07, 6.45) is 11.3. The third-order valence-corrected chi connectivity index (χ3v) is 7.14. The highest BCUT2D eigenvalue weighted by molar-refractivity contribution is 6.04. The van der Waals surface area contributed by atoms with Gasteiger partial charge in [0.05, 0.1) is 0 Å². The normalized spacial score (nSPS) is 19.3. The van der Waals surface area contributed by atoms with Crippen LogP contribution >= 0.6 is 0 Å². The highest BCUT2D eigenvalue weighted by atomic mass is 16.2. The van der Waals surface area contributed by atoms with Crippen molar-refractivity contribution >= 4 is 17.5 Å². The van der Waals surface area contributed by atoms with E-state index in [9.17, 15) is 14.9 Å². The van der Waals surface area contributed by atoms with Crippen LogP contribution < -0.4 is 10.2 Å². The molecule has 1 aliphatic carbocycles. The molecule has 0 radical (unpaired) electrons. The molecule has 35 heavy (non-hydrogen) atoms. The summed E-state index contributed by atoms with van der Waals surface area (Å²) in [5, 5.41) is 12.7. The van der Waals surface area contributed by atoms with Gasteiger partial charge in [-0.3, -0.25) is 24.4 Å². The van der Waals surface area contributed by atoms with Gasteiger partial charge in [0, 0.05) is 36.2 Å². The zero-order valence-electron chi connectivity index (χ0n) is 20.9. The Labute approximate surface area is 208 Å². The van der Waals surface area contributed by atoms with Gasteiger partial charge in [0.25, 0.3) is 5.91 Å². The fraction of sp³-hybridized carbons (Fsp3) is 0.500. The number of carbonyl (C=O) groups is 2. The van der Waals surface area contributed by atoms with Crippen LogP contribution in [0.5, 0.6) is 0 Å². The maximum atomic E-state index is 13.9. The van der Waals surface area contributed by atoms with E-state index >= 15 is 0 Å². The Bertz CT molecular complexity index is 1070. The number of benzene rings is 1. The first-order valence-electron chi connectivity index (χ1n) is 12.6. The number of aromatic nitrogens is 1. The SMILES string of the molecule is CC(C)(C)c1ccc(N(C(=O)[C@@H]2CCN2C#N)[C@@H](C(=O)NC2CCCCC2)c2cccnc2)cc1. The largest absolute Gasteiger partial charge is 0.351 e. The average Bonchev–Trinajstić information content (AvgIpc) is 2.82. The Balaban J connectivity index is 1.75. The zero-order valence-corrected chi connectivity index (χ0v) is 20.9. The Hall–Kier alpha value is -3.40. The van der Waals surface area contributed by atoms with Gasteiger partial charge < -0.3 is 5.32 Å². The van der Waals surface area contributed by atoms with Crippen molar-refractivity contribution < 1.29 is 9.59 Å². The predicted octanol–water partition coefficient (Wildman–Crippen LogP) is 4.46. The van der Waals surface area contributed by atoms with E-state index in [1.54, 1.807) is 23.4 Å². The molecule has 1 aromatic carbocycles. The van der Waals surface area contributed by atoms with Crippen molar-refractivity contribution in [2.24, 2.45) is 0 Å². The molecule has 2 aliphatic rings. The number of nitriles is 1. The molecule has 2 heterocycles. The minimum atomic E-state index is -0.875. The van der Waals surface area contributed by atoms with Crippen LogP contribution in [0.15, 0.2) is 48.8 Å². The average molecular weight is 474 g/mol. The second-order valence-electron chi connectivity index (χ2n) is 10.6. The predicted molar refractivity (Wildman–Crippen MR) is 135 cm³/mol. The molecule has 1 aromatic heterocycles. The molecule has 0 bridgehead atoms. The fourth-order valence-corrected chi connectivity index (χ4v) is 4.93. The van der Waals surface area contributed by atoms with Gasteiger partial charge in [0.15, 0.2) is 6.19 Å². The Kier molecular flexibility index (Phi) is 7.39. The molecule has 7 nitrogen and oxygen atoms in total. The van der Waals surface area contributed by atoms with Crippen molar-refractivity contribution in [3.05, 3.63) is 59.9 Å². The van der Waals surface area contributed by atoms with Crippen molar-refractivity contribution in [1.82, 2.24) is 15.2 Å². The summed E-state index contributed by atoms with van der Waals surface area (Å²) >= 11 is 0. The van der Waals surface area contributed by atoms with Gasteiger partial charge >= 0.3 is 0 Å². The van der Waals surface area contributed by atoms with E-state index in [0.29, 0.717) is 24.2 Å². The molecule has 2 aromatic rings. The standard InChI is InChI=1S/C28H35N5O2/c1-28(2,3)21-11-13-23(14-12-21)33(27(35)24-15-17-32(24)19-29)25(20-8-7-16-30-18-20)26(34)31-22-9-5-4-6-10-22/h7-8,11-14,16,18,22,24-25H,4-6,9-10,15,17H2,1-3H3,(H,31,34)/t24-,25+/m0/s1. The number of nitrogens with one attached hydrogen (secondary N) is 1. The molecule has 1 N–H and O–H groups in total. The molecule has 0 spiro atoms. The lowest BCUT2D eigenvalue weighted by atomic mass is 9.87. The van der Waals surface area contributed by atoms with E-state index < -0.39 is 12.1 Å². The minimum Gasteiger partial charge on any atom is -0.351 e. The topological polar surface area (TPSA) is 89.3 Å². The number of hydrogen-bond acceptors (Lipinski definition) is 5. The minimum absolute atomic E-state index is 0.0416. The van der Waals surface area contributed by atoms with Crippen molar-refractivity contribution in [1.29, 1.82) is 5.26 Å². The van der Waals surface area contributed by atoms with Gasteiger partial charge in [-0.15, -0.1) is 0 Å². The summed E-state index contributed by atoms with van der Waals surface area (Å²) in [5.41, 5.74) is 2.39. The number of hydrogen-bond donors (Lipinski definition) is 1. The molecule has 2 fully saturated rings. The summed E-state index contributed by atoms with van der Waals surface area (Å²) in [6, 6.07) is 10.1. The quantitative estimate of drug-likeness (QED) is 0.626. The van der Waals surface area contributed by atoms with Gasteiger partial charge in [-0.2, -0.15) is 5.26 Å². The number of anilines is 1. The van der Waals surface area contributed by atoms with Crippen LogP contribution in [-0.2, 0) is 15.0 Å². The smallest absolute Gasteiger partial charge is 0.251 e. The second-order valence-corrected chi connectivity index (χ2v) is 10.6. The lowest BCUT2D eigenvalue weighted by molar-refractivity contribution is -0.131. The lowest BCUT2D eigenvalue weighted by Gasteiger charge is -2.41. The summed E-state index contributed by atoms with van der Waals surface area (Å²) in [4.78, 5) is 35.1. The van der Waals surface area contributed by atoms with Gasteiger partial charge in [-0.1, -0.05) is 58.2 Å². The number of nitrogens with zero attached hydrogens (tertiary/aromatic N) is 4. The number of amides is 2. The number of pyridine rings is 1. The molecule has 7 heteroatoms. The molecule has 1 saturated carbocycles. The maximum Gasteiger partial charge on any atom is 0.251 e. The van der Waals surface area contributed by atoms with Crippen LogP contribution in [0.25, 0.3) is 0 Å². The monoisotopic (exact) mass is 473 g/mol. The molecule has 1 saturated heterocycles. The first-order valence-corrected chi connectivity index (χ1v) is 12.6. The van der Waals surface area contributed by atoms with Crippen LogP contribution in [0, 0.1) is 11.5 Å². The number of likely N-dealkylation sites (tertiary alicyclic amines) is 1. The number of carbonyl (C=O) groups excluding carboxylic acids is 2. The van der Waals surface area contributed by atoms with Crippen molar-refractivity contribution in [3.8, 4) is 6.19 Å². The van der Waals surface area contributed by atoms with E-state index in [1.165, 1.54) is 11.3 Å². The van der Waals surface area contributed by atoms with Gasteiger partial charge in [-0.25, -0.2) is 0 Å². The highest BCUT2D eigenvalue weighted by Gasteiger charge is 2.42. The summed E-state index contributed by atoms with van der Waals surface area (Å²) in [5.74, 6) is -0.449. The highest BCUT2D eigenvalue weighted by Crippen LogP contribution is 2.33. The summed E-state index contributed by atoms with van der Waals surface area (Å²) in [7, 11) is 0. The summed E-state index contributed by atoms with van der Waals surface area (Å²) < 4.78 is 0. The van der Waals surface area contributed by atoms with Crippen molar-refractivity contribution in [2.75, 3.05) is 11.4 Å². The third-order valence-electron chi connectivity index (χ3n) is 7.14. The van der Waals surface area contributed by atoms with E-state index in [0.717, 1.165) is 31.2 Å². The van der Waals surface area contributed by atoms with Crippen LogP contribution in [0.2, 0.25) is 0 Å². The van der Waals surface area contributed by atoms with Gasteiger partial charge in [-0.05, 0) is 48.4 Å². The molecule has 0 unspecified atom stereocenters. The van der Waals surface area contributed by atoms with Crippen LogP contribution in [0.4, 0.5) is 5.69 Å². The lowest BCUT2D eigenvalue weighted by Crippen LogP contribution is -2.57. The first kappa shape index (κ1) is 24.7. The number of rotatable bonds is 6. The Morgan fingerprint density at radius 2 is 1.83 bits per heavy atom. The van der Waals surface area contributed by atoms with E-state index in [2.05, 4.69) is 37.3 Å². The Morgan fingerprint density at radius 3 is 2.37 bits per heavy atom. The molecule has 1 aliphatic heterocycles. The zero-order chi connectivity index (χ0) is 25.0. The maximum absolute atomic E-state index is 13.9. The molecule has 4 rings (SSSR count). The van der Waals surface area contributed by atoms with Crippen molar-refractivity contribution in [3.63, 3.8) is 0 Å². The van der Waals surface area contributed by atoms with Gasteiger partial charge in [0.2, 0.25) is 5.91 Å². The van der Waals surface area contributed by atoms with Crippen LogP contribution in [0.1, 0.15) is 76.5 Å². The summed E-state index contributed by atoms with van der Waals surface area (Å²) in [6.45, 7) is 6.97. The van der Waals surface area contributed by atoms with Gasteiger partial charge in [0.1, 0.15) is 12.1 Å². The van der Waals surface area contributed by atoms with E-state index in [-0.39, 0.29) is 23.3 Å².